The average molecular weight is 371 g/mol. The summed E-state index contributed by atoms with van der Waals surface area (Å²) in [7, 11) is 0. The molecule has 0 bridgehead atoms. The highest BCUT2D eigenvalue weighted by molar-refractivity contribution is 14.1. The predicted octanol–water partition coefficient (Wildman–Crippen LogP) is 3.45. The van der Waals surface area contributed by atoms with E-state index in [0.29, 0.717) is 5.75 Å². The van der Waals surface area contributed by atoms with Crippen LogP contribution in [0.4, 0.5) is 10.1 Å². The van der Waals surface area contributed by atoms with Gasteiger partial charge in [-0.2, -0.15) is 0 Å². The van der Waals surface area contributed by atoms with Gasteiger partial charge in [-0.3, -0.25) is 4.79 Å². The zero-order valence-electron chi connectivity index (χ0n) is 9.90. The van der Waals surface area contributed by atoms with Crippen LogP contribution in [0.15, 0.2) is 48.5 Å². The van der Waals surface area contributed by atoms with Crippen LogP contribution < -0.4 is 10.1 Å². The van der Waals surface area contributed by atoms with Gasteiger partial charge in [0.15, 0.2) is 6.61 Å². The van der Waals surface area contributed by atoms with Gasteiger partial charge < -0.3 is 10.1 Å². The molecule has 0 atom stereocenters. The van der Waals surface area contributed by atoms with Crippen molar-refractivity contribution < 1.29 is 13.9 Å². The van der Waals surface area contributed by atoms with Gasteiger partial charge in [-0.1, -0.05) is 18.2 Å². The number of rotatable bonds is 4. The molecule has 5 heteroatoms. The van der Waals surface area contributed by atoms with Crippen LogP contribution in [0.2, 0.25) is 0 Å². The summed E-state index contributed by atoms with van der Waals surface area (Å²) in [5, 5.41) is 2.73. The molecule has 2 aromatic rings. The number of amides is 1. The van der Waals surface area contributed by atoms with Gasteiger partial charge in [-0.15, -0.1) is 0 Å². The first-order chi connectivity index (χ1) is 9.15. The minimum absolute atomic E-state index is 0.158. The zero-order valence-corrected chi connectivity index (χ0v) is 12.1. The van der Waals surface area contributed by atoms with E-state index in [-0.39, 0.29) is 12.5 Å². The molecule has 0 saturated heterocycles. The maximum absolute atomic E-state index is 12.9. The van der Waals surface area contributed by atoms with Crippen molar-refractivity contribution in [2.75, 3.05) is 11.9 Å². The van der Waals surface area contributed by atoms with Crippen molar-refractivity contribution in [3.8, 4) is 5.75 Å². The van der Waals surface area contributed by atoms with Crippen LogP contribution in [0.5, 0.6) is 5.75 Å². The number of benzene rings is 2. The lowest BCUT2D eigenvalue weighted by atomic mass is 10.3. The lowest BCUT2D eigenvalue weighted by molar-refractivity contribution is -0.118. The van der Waals surface area contributed by atoms with E-state index in [2.05, 4.69) is 27.9 Å². The number of carbonyl (C=O) groups is 1. The van der Waals surface area contributed by atoms with Crippen molar-refractivity contribution in [3.05, 3.63) is 57.9 Å². The Morgan fingerprint density at radius 2 is 2.00 bits per heavy atom. The molecule has 0 fully saturated rings. The number of nitrogens with one attached hydrogen (secondary N) is 1. The quantitative estimate of drug-likeness (QED) is 0.837. The second-order valence-electron chi connectivity index (χ2n) is 3.77. The standard InChI is InChI=1S/C14H11FINO2/c15-10-4-3-5-11(8-10)19-9-14(18)17-13-7-2-1-6-12(13)16/h1-8H,9H2,(H,17,18). The van der Waals surface area contributed by atoms with Gasteiger partial charge in [-0.25, -0.2) is 4.39 Å². The van der Waals surface area contributed by atoms with Gasteiger partial charge in [-0.05, 0) is 46.9 Å². The molecular formula is C14H11FINO2. The molecule has 0 saturated carbocycles. The second kappa shape index (κ2) is 6.51. The smallest absolute Gasteiger partial charge is 0.262 e. The Labute approximate surface area is 123 Å². The lowest BCUT2D eigenvalue weighted by Crippen LogP contribution is -2.20. The van der Waals surface area contributed by atoms with Gasteiger partial charge in [0.2, 0.25) is 0 Å². The van der Waals surface area contributed by atoms with Crippen LogP contribution in [0.25, 0.3) is 0 Å². The number of ether oxygens (including phenoxy) is 1. The summed E-state index contributed by atoms with van der Waals surface area (Å²) in [6.07, 6.45) is 0. The van der Waals surface area contributed by atoms with Crippen molar-refractivity contribution in [1.82, 2.24) is 0 Å². The van der Waals surface area contributed by atoms with Gasteiger partial charge >= 0.3 is 0 Å². The zero-order chi connectivity index (χ0) is 13.7. The number of carbonyl (C=O) groups excluding carboxylic acids is 1. The number of anilines is 1. The normalized spacial score (nSPS) is 10.0. The van der Waals surface area contributed by atoms with Crippen molar-refractivity contribution in [1.29, 1.82) is 0 Å². The van der Waals surface area contributed by atoms with Gasteiger partial charge in [0, 0.05) is 9.64 Å². The first-order valence-electron chi connectivity index (χ1n) is 5.58. The third-order valence-electron chi connectivity index (χ3n) is 2.31. The van der Waals surface area contributed by atoms with Crippen LogP contribution in [0.3, 0.4) is 0 Å². The second-order valence-corrected chi connectivity index (χ2v) is 4.94. The Morgan fingerprint density at radius 1 is 1.21 bits per heavy atom. The summed E-state index contributed by atoms with van der Waals surface area (Å²) < 4.78 is 19.1. The largest absolute Gasteiger partial charge is 0.484 e. The SMILES string of the molecule is O=C(COc1cccc(F)c1)Nc1ccccc1I. The van der Waals surface area contributed by atoms with Crippen LogP contribution in [0, 0.1) is 9.39 Å². The first kappa shape index (κ1) is 13.8. The van der Waals surface area contributed by atoms with E-state index in [1.165, 1.54) is 18.2 Å². The van der Waals surface area contributed by atoms with E-state index in [9.17, 15) is 9.18 Å². The fourth-order valence-corrected chi connectivity index (χ4v) is 1.98. The minimum Gasteiger partial charge on any atom is -0.484 e. The highest BCUT2D eigenvalue weighted by Crippen LogP contribution is 2.17. The maximum Gasteiger partial charge on any atom is 0.262 e. The summed E-state index contributed by atoms with van der Waals surface area (Å²) in [4.78, 5) is 11.7. The van der Waals surface area contributed by atoms with Gasteiger partial charge in [0.25, 0.3) is 5.91 Å². The third-order valence-corrected chi connectivity index (χ3v) is 3.25. The molecule has 2 rings (SSSR count). The molecule has 0 radical (unpaired) electrons. The summed E-state index contributed by atoms with van der Waals surface area (Å²) in [5.74, 6) is -0.346. The third kappa shape index (κ3) is 4.20. The highest BCUT2D eigenvalue weighted by atomic mass is 127. The minimum atomic E-state index is -0.393. The Balaban J connectivity index is 1.90. The summed E-state index contributed by atoms with van der Waals surface area (Å²) in [6.45, 7) is -0.158. The van der Waals surface area contributed by atoms with E-state index in [1.807, 2.05) is 24.3 Å². The molecule has 3 nitrogen and oxygen atoms in total. The Hall–Kier alpha value is -1.63. The Kier molecular flexibility index (Phi) is 4.73. The molecule has 0 aliphatic heterocycles. The first-order valence-corrected chi connectivity index (χ1v) is 6.66. The molecule has 1 N–H and O–H groups in total. The average Bonchev–Trinajstić information content (AvgIpc) is 2.39. The van der Waals surface area contributed by atoms with E-state index in [0.717, 1.165) is 9.26 Å². The number of para-hydroxylation sites is 1. The van der Waals surface area contributed by atoms with Gasteiger partial charge in [0.1, 0.15) is 11.6 Å². The molecule has 1 amide bonds. The fraction of sp³-hybridized carbons (Fsp3) is 0.0714. The van der Waals surface area contributed by atoms with Crippen molar-refractivity contribution >= 4 is 34.2 Å². The van der Waals surface area contributed by atoms with Crippen LogP contribution >= 0.6 is 22.6 Å². The van der Waals surface area contributed by atoms with Crippen molar-refractivity contribution in [3.63, 3.8) is 0 Å². The molecule has 0 unspecified atom stereocenters. The van der Waals surface area contributed by atoms with E-state index in [1.54, 1.807) is 6.07 Å². The Bertz CT molecular complexity index is 589. The van der Waals surface area contributed by atoms with Crippen LogP contribution in [-0.4, -0.2) is 12.5 Å². The molecule has 0 aliphatic carbocycles. The van der Waals surface area contributed by atoms with E-state index < -0.39 is 5.82 Å². The van der Waals surface area contributed by atoms with Crippen LogP contribution in [-0.2, 0) is 4.79 Å². The summed E-state index contributed by atoms with van der Waals surface area (Å²) in [5.41, 5.74) is 0.732. The van der Waals surface area contributed by atoms with Crippen molar-refractivity contribution in [2.24, 2.45) is 0 Å². The molecule has 0 aromatic heterocycles. The summed E-state index contributed by atoms with van der Waals surface area (Å²) >= 11 is 2.13. The number of hydrogen-bond acceptors (Lipinski definition) is 2. The van der Waals surface area contributed by atoms with Gasteiger partial charge in [0.05, 0.1) is 5.69 Å². The predicted molar refractivity (Wildman–Crippen MR) is 79.7 cm³/mol. The maximum atomic E-state index is 12.9. The molecule has 0 heterocycles. The van der Waals surface area contributed by atoms with Crippen molar-refractivity contribution in [2.45, 2.75) is 0 Å². The highest BCUT2D eigenvalue weighted by Gasteiger charge is 2.06. The molecule has 0 aliphatic rings. The fourth-order valence-electron chi connectivity index (χ4n) is 1.45. The topological polar surface area (TPSA) is 38.3 Å². The van der Waals surface area contributed by atoms with Crippen LogP contribution in [0.1, 0.15) is 0 Å². The number of halogens is 2. The molecule has 2 aromatic carbocycles. The molecular weight excluding hydrogens is 360 g/mol. The molecule has 98 valence electrons. The van der Waals surface area contributed by atoms with E-state index >= 15 is 0 Å². The summed E-state index contributed by atoms with van der Waals surface area (Å²) in [6, 6.07) is 13.1. The lowest BCUT2D eigenvalue weighted by Gasteiger charge is -2.08. The number of hydrogen-bond donors (Lipinski definition) is 1. The van der Waals surface area contributed by atoms with E-state index in [4.69, 9.17) is 4.74 Å². The molecule has 0 spiro atoms. The Morgan fingerprint density at radius 3 is 2.74 bits per heavy atom. The monoisotopic (exact) mass is 371 g/mol. The molecule has 19 heavy (non-hydrogen) atoms.